The molecule has 3 atom stereocenters. The summed E-state index contributed by atoms with van der Waals surface area (Å²) < 4.78 is 0. The molecule has 13 nitrogen and oxygen atoms in total. The van der Waals surface area contributed by atoms with E-state index in [0.29, 0.717) is 5.69 Å². The fourth-order valence-electron chi connectivity index (χ4n) is 2.70. The first-order chi connectivity index (χ1) is 14.5. The van der Waals surface area contributed by atoms with Crippen LogP contribution in [0.15, 0.2) is 12.5 Å². The average molecular weight is 440 g/mol. The largest absolute Gasteiger partial charge is 0.481 e. The second-order valence-corrected chi connectivity index (χ2v) is 7.29. The molecule has 1 rings (SSSR count). The van der Waals surface area contributed by atoms with E-state index < -0.39 is 60.8 Å². The third-order valence-corrected chi connectivity index (χ3v) is 4.15. The highest BCUT2D eigenvalue weighted by Crippen LogP contribution is 2.07. The maximum Gasteiger partial charge on any atom is 0.326 e. The van der Waals surface area contributed by atoms with Crippen LogP contribution in [0.25, 0.3) is 0 Å². The van der Waals surface area contributed by atoms with E-state index in [9.17, 15) is 29.1 Å². The molecule has 0 aliphatic rings. The van der Waals surface area contributed by atoms with Gasteiger partial charge in [-0.3, -0.25) is 19.2 Å². The van der Waals surface area contributed by atoms with Crippen molar-refractivity contribution in [1.82, 2.24) is 25.9 Å². The number of nitrogens with two attached hydrogens (primary N) is 1. The quantitative estimate of drug-likeness (QED) is 0.180. The monoisotopic (exact) mass is 440 g/mol. The predicted molar refractivity (Wildman–Crippen MR) is 106 cm³/mol. The number of H-pyrrole nitrogens is 1. The van der Waals surface area contributed by atoms with Crippen molar-refractivity contribution in [2.75, 3.05) is 6.54 Å². The summed E-state index contributed by atoms with van der Waals surface area (Å²) in [6.07, 6.45) is 2.14. The van der Waals surface area contributed by atoms with Crippen LogP contribution in [0.2, 0.25) is 0 Å². The van der Waals surface area contributed by atoms with Crippen molar-refractivity contribution in [2.45, 2.75) is 51.2 Å². The van der Waals surface area contributed by atoms with Crippen LogP contribution in [0.5, 0.6) is 0 Å². The first kappa shape index (κ1) is 25.6. The van der Waals surface area contributed by atoms with E-state index in [1.165, 1.54) is 12.5 Å². The Kier molecular flexibility index (Phi) is 10.1. The van der Waals surface area contributed by atoms with Gasteiger partial charge in [-0.1, -0.05) is 13.8 Å². The van der Waals surface area contributed by atoms with Gasteiger partial charge in [0.15, 0.2) is 0 Å². The Balaban J connectivity index is 3.03. The number of rotatable bonds is 13. The predicted octanol–water partition coefficient (Wildman–Crippen LogP) is -2.03. The van der Waals surface area contributed by atoms with Gasteiger partial charge < -0.3 is 36.9 Å². The Morgan fingerprint density at radius 1 is 1.03 bits per heavy atom. The molecule has 1 heterocycles. The first-order valence-corrected chi connectivity index (χ1v) is 9.55. The highest BCUT2D eigenvalue weighted by Gasteiger charge is 2.31. The average Bonchev–Trinajstić information content (AvgIpc) is 3.18. The van der Waals surface area contributed by atoms with E-state index in [2.05, 4.69) is 25.9 Å². The lowest BCUT2D eigenvalue weighted by Crippen LogP contribution is -2.57. The number of hydrogen-bond acceptors (Lipinski definition) is 7. The van der Waals surface area contributed by atoms with E-state index in [1.807, 2.05) is 0 Å². The van der Waals surface area contributed by atoms with Crippen LogP contribution >= 0.6 is 0 Å². The van der Waals surface area contributed by atoms with Crippen molar-refractivity contribution in [3.05, 3.63) is 18.2 Å². The normalized spacial score (nSPS) is 13.7. The van der Waals surface area contributed by atoms with Gasteiger partial charge in [0.1, 0.15) is 18.1 Å². The number of hydrogen-bond donors (Lipinski definition) is 7. The molecule has 0 bridgehead atoms. The van der Waals surface area contributed by atoms with Crippen LogP contribution in [0.1, 0.15) is 32.4 Å². The number of aliphatic carboxylic acids is 2. The molecule has 8 N–H and O–H groups in total. The molecule has 0 saturated heterocycles. The molecule has 0 spiro atoms. The van der Waals surface area contributed by atoms with Crippen molar-refractivity contribution in [1.29, 1.82) is 0 Å². The van der Waals surface area contributed by atoms with Gasteiger partial charge in [-0.2, -0.15) is 0 Å². The molecule has 0 aliphatic carbocycles. The van der Waals surface area contributed by atoms with Crippen LogP contribution in [-0.2, 0) is 30.4 Å². The highest BCUT2D eigenvalue weighted by molar-refractivity contribution is 5.95. The van der Waals surface area contributed by atoms with Gasteiger partial charge in [0, 0.05) is 18.3 Å². The molecule has 0 aliphatic heterocycles. The number of carboxylic acid groups (broad SMARTS) is 2. The number of carbonyl (C=O) groups is 5. The molecule has 0 aromatic carbocycles. The smallest absolute Gasteiger partial charge is 0.326 e. The van der Waals surface area contributed by atoms with Gasteiger partial charge in [-0.15, -0.1) is 0 Å². The lowest BCUT2D eigenvalue weighted by Gasteiger charge is -2.24. The Morgan fingerprint density at radius 3 is 2.13 bits per heavy atom. The van der Waals surface area contributed by atoms with E-state index in [4.69, 9.17) is 10.8 Å². The number of carbonyl (C=O) groups excluding carboxylic acids is 3. The molecule has 1 aromatic rings. The van der Waals surface area contributed by atoms with Gasteiger partial charge in [0.2, 0.25) is 17.7 Å². The molecule has 0 radical (unpaired) electrons. The van der Waals surface area contributed by atoms with Gasteiger partial charge in [-0.25, -0.2) is 9.78 Å². The molecule has 13 heteroatoms. The summed E-state index contributed by atoms with van der Waals surface area (Å²) >= 11 is 0. The summed E-state index contributed by atoms with van der Waals surface area (Å²) in [4.78, 5) is 66.1. The number of carboxylic acids is 2. The molecule has 3 unspecified atom stereocenters. The molecule has 0 fully saturated rings. The lowest BCUT2D eigenvalue weighted by molar-refractivity contribution is -0.143. The summed E-state index contributed by atoms with van der Waals surface area (Å²) in [5, 5.41) is 25.3. The van der Waals surface area contributed by atoms with Crippen molar-refractivity contribution in [3.8, 4) is 0 Å². The minimum atomic E-state index is -1.48. The van der Waals surface area contributed by atoms with Crippen molar-refractivity contribution < 1.29 is 34.2 Å². The third kappa shape index (κ3) is 9.25. The summed E-state index contributed by atoms with van der Waals surface area (Å²) in [6, 6.07) is -3.91. The lowest BCUT2D eigenvalue weighted by atomic mass is 10.0. The standard InChI is InChI=1S/C18H28N6O7/c1-9(2)3-13(18(30)31)24-16(28)11(4-10-7-20-8-21-10)23-17(29)12(5-15(26)27)22-14(25)6-19/h7-9,11-13H,3-6,19H2,1-2H3,(H,20,21)(H,22,25)(H,23,29)(H,24,28)(H,26,27)(H,30,31). The summed E-state index contributed by atoms with van der Waals surface area (Å²) in [6.45, 7) is 3.13. The molecule has 3 amide bonds. The van der Waals surface area contributed by atoms with Crippen molar-refractivity contribution >= 4 is 29.7 Å². The van der Waals surface area contributed by atoms with Gasteiger partial charge in [-0.05, 0) is 12.3 Å². The Hall–Kier alpha value is -3.48. The van der Waals surface area contributed by atoms with E-state index in [-0.39, 0.29) is 18.8 Å². The number of nitrogens with one attached hydrogen (secondary N) is 4. The maximum absolute atomic E-state index is 12.8. The van der Waals surface area contributed by atoms with E-state index in [0.717, 1.165) is 0 Å². The highest BCUT2D eigenvalue weighted by atomic mass is 16.4. The van der Waals surface area contributed by atoms with Gasteiger partial charge in [0.05, 0.1) is 19.3 Å². The second-order valence-electron chi connectivity index (χ2n) is 7.29. The van der Waals surface area contributed by atoms with Crippen LogP contribution in [0.4, 0.5) is 0 Å². The van der Waals surface area contributed by atoms with Crippen LogP contribution in [-0.4, -0.2) is 74.5 Å². The molecule has 31 heavy (non-hydrogen) atoms. The number of amides is 3. The zero-order valence-electron chi connectivity index (χ0n) is 17.3. The number of aromatic nitrogens is 2. The summed E-state index contributed by atoms with van der Waals surface area (Å²) in [5.41, 5.74) is 5.66. The fraction of sp³-hybridized carbons (Fsp3) is 0.556. The molecule has 0 saturated carbocycles. The number of imidazole rings is 1. The SMILES string of the molecule is CC(C)CC(NC(=O)C(Cc1cnc[nH]1)NC(=O)C(CC(=O)O)NC(=O)CN)C(=O)O. The molecule has 172 valence electrons. The first-order valence-electron chi connectivity index (χ1n) is 9.55. The molecular formula is C18H28N6O7. The van der Waals surface area contributed by atoms with Crippen LogP contribution < -0.4 is 21.7 Å². The minimum Gasteiger partial charge on any atom is -0.481 e. The second kappa shape index (κ2) is 12.3. The minimum absolute atomic E-state index is 0.0199. The van der Waals surface area contributed by atoms with Crippen LogP contribution in [0.3, 0.4) is 0 Å². The van der Waals surface area contributed by atoms with E-state index in [1.54, 1.807) is 13.8 Å². The topological polar surface area (TPSA) is 217 Å². The Labute approximate surface area is 178 Å². The Bertz CT molecular complexity index is 780. The summed E-state index contributed by atoms with van der Waals surface area (Å²) in [5.74, 6) is -5.07. The maximum atomic E-state index is 12.8. The van der Waals surface area contributed by atoms with Gasteiger partial charge in [0.25, 0.3) is 0 Å². The zero-order chi connectivity index (χ0) is 23.6. The third-order valence-electron chi connectivity index (χ3n) is 4.15. The van der Waals surface area contributed by atoms with E-state index >= 15 is 0 Å². The fourth-order valence-corrected chi connectivity index (χ4v) is 2.70. The van der Waals surface area contributed by atoms with Crippen molar-refractivity contribution in [2.24, 2.45) is 11.7 Å². The number of nitrogens with zero attached hydrogens (tertiary/aromatic N) is 1. The van der Waals surface area contributed by atoms with Crippen LogP contribution in [0, 0.1) is 5.92 Å². The van der Waals surface area contributed by atoms with Gasteiger partial charge >= 0.3 is 11.9 Å². The molecular weight excluding hydrogens is 412 g/mol. The molecule has 1 aromatic heterocycles. The Morgan fingerprint density at radius 2 is 1.65 bits per heavy atom. The van der Waals surface area contributed by atoms with Crippen molar-refractivity contribution in [3.63, 3.8) is 0 Å². The zero-order valence-corrected chi connectivity index (χ0v) is 17.3. The summed E-state index contributed by atoms with van der Waals surface area (Å²) in [7, 11) is 0. The number of aromatic amines is 1.